The lowest BCUT2D eigenvalue weighted by Gasteiger charge is -2.20. The Morgan fingerprint density at radius 2 is 1.50 bits per heavy atom. The van der Waals surface area contributed by atoms with Crippen molar-refractivity contribution >= 4 is 29.1 Å². The van der Waals surface area contributed by atoms with Crippen LogP contribution >= 0.6 is 11.6 Å². The van der Waals surface area contributed by atoms with Crippen LogP contribution < -0.4 is 4.90 Å². The maximum atomic E-state index is 12.9. The first-order chi connectivity index (χ1) is 10.8. The molecule has 108 valence electrons. The van der Waals surface area contributed by atoms with Crippen LogP contribution in [0.25, 0.3) is 0 Å². The SMILES string of the molecule is O=C(c1cccc(Cl)c1)N(c1ccccn1)c1ccccn1. The molecular formula is C17H12ClN3O. The fourth-order valence-electron chi connectivity index (χ4n) is 2.05. The van der Waals surface area contributed by atoms with Gasteiger partial charge in [-0.15, -0.1) is 0 Å². The van der Waals surface area contributed by atoms with E-state index in [2.05, 4.69) is 9.97 Å². The van der Waals surface area contributed by atoms with Gasteiger partial charge < -0.3 is 0 Å². The van der Waals surface area contributed by atoms with Gasteiger partial charge in [0.2, 0.25) is 0 Å². The van der Waals surface area contributed by atoms with Gasteiger partial charge in [-0.3, -0.25) is 4.79 Å². The molecule has 4 nitrogen and oxygen atoms in total. The quantitative estimate of drug-likeness (QED) is 0.731. The minimum atomic E-state index is -0.236. The monoisotopic (exact) mass is 309 g/mol. The molecule has 0 unspecified atom stereocenters. The van der Waals surface area contributed by atoms with Crippen LogP contribution in [-0.2, 0) is 0 Å². The van der Waals surface area contributed by atoms with E-state index in [9.17, 15) is 4.79 Å². The van der Waals surface area contributed by atoms with E-state index < -0.39 is 0 Å². The highest BCUT2D eigenvalue weighted by atomic mass is 35.5. The molecule has 0 saturated carbocycles. The van der Waals surface area contributed by atoms with Crippen molar-refractivity contribution in [2.75, 3.05) is 4.90 Å². The van der Waals surface area contributed by atoms with Crippen LogP contribution in [0, 0.1) is 0 Å². The molecule has 0 atom stereocenters. The van der Waals surface area contributed by atoms with Crippen LogP contribution in [-0.4, -0.2) is 15.9 Å². The summed E-state index contributed by atoms with van der Waals surface area (Å²) < 4.78 is 0. The summed E-state index contributed by atoms with van der Waals surface area (Å²) in [5.74, 6) is 0.775. The van der Waals surface area contributed by atoms with Crippen molar-refractivity contribution in [3.05, 3.63) is 83.6 Å². The van der Waals surface area contributed by atoms with E-state index >= 15 is 0 Å². The molecule has 0 bridgehead atoms. The molecule has 1 amide bonds. The first-order valence-corrected chi connectivity index (χ1v) is 7.05. The number of anilines is 2. The van der Waals surface area contributed by atoms with Gasteiger partial charge in [0, 0.05) is 23.0 Å². The van der Waals surface area contributed by atoms with Crippen LogP contribution in [0.1, 0.15) is 10.4 Å². The van der Waals surface area contributed by atoms with Crippen LogP contribution in [0.2, 0.25) is 5.02 Å². The largest absolute Gasteiger partial charge is 0.268 e. The van der Waals surface area contributed by atoms with Gasteiger partial charge in [-0.05, 0) is 42.5 Å². The summed E-state index contributed by atoms with van der Waals surface area (Å²) in [5, 5.41) is 0.507. The third kappa shape index (κ3) is 2.97. The fraction of sp³-hybridized carbons (Fsp3) is 0. The zero-order valence-electron chi connectivity index (χ0n) is 11.6. The number of halogens is 1. The summed E-state index contributed by atoms with van der Waals surface area (Å²) in [6.07, 6.45) is 3.27. The minimum Gasteiger partial charge on any atom is -0.268 e. The zero-order valence-corrected chi connectivity index (χ0v) is 12.3. The Hall–Kier alpha value is -2.72. The Labute approximate surface area is 133 Å². The molecule has 22 heavy (non-hydrogen) atoms. The van der Waals surface area contributed by atoms with Crippen LogP contribution in [0.5, 0.6) is 0 Å². The highest BCUT2D eigenvalue weighted by molar-refractivity contribution is 6.31. The maximum absolute atomic E-state index is 12.9. The number of carbonyl (C=O) groups is 1. The summed E-state index contributed by atoms with van der Waals surface area (Å²) in [4.78, 5) is 22.9. The summed E-state index contributed by atoms with van der Waals surface area (Å²) in [6.45, 7) is 0. The Morgan fingerprint density at radius 3 is 2.00 bits per heavy atom. The predicted octanol–water partition coefficient (Wildman–Crippen LogP) is 4.11. The van der Waals surface area contributed by atoms with E-state index in [0.29, 0.717) is 22.2 Å². The third-order valence-corrected chi connectivity index (χ3v) is 3.27. The summed E-state index contributed by atoms with van der Waals surface area (Å²) in [5.41, 5.74) is 0.476. The van der Waals surface area contributed by atoms with Gasteiger partial charge in [-0.1, -0.05) is 29.8 Å². The second-order valence-corrected chi connectivity index (χ2v) is 4.96. The molecule has 0 spiro atoms. The molecule has 0 aliphatic carbocycles. The highest BCUT2D eigenvalue weighted by Gasteiger charge is 2.21. The maximum Gasteiger partial charge on any atom is 0.265 e. The Kier molecular flexibility index (Phi) is 4.12. The molecule has 0 saturated heterocycles. The molecule has 1 aromatic carbocycles. The normalized spacial score (nSPS) is 10.2. The topological polar surface area (TPSA) is 46.1 Å². The second kappa shape index (κ2) is 6.37. The van der Waals surface area contributed by atoms with Crippen molar-refractivity contribution in [2.45, 2.75) is 0 Å². The van der Waals surface area contributed by atoms with E-state index in [-0.39, 0.29) is 5.91 Å². The Bertz CT molecular complexity index is 739. The van der Waals surface area contributed by atoms with Gasteiger partial charge in [0.25, 0.3) is 5.91 Å². The Balaban J connectivity index is 2.08. The number of amides is 1. The zero-order chi connectivity index (χ0) is 15.4. The predicted molar refractivity (Wildman–Crippen MR) is 86.4 cm³/mol. The lowest BCUT2D eigenvalue weighted by molar-refractivity contribution is 0.0998. The van der Waals surface area contributed by atoms with Crippen molar-refractivity contribution < 1.29 is 4.79 Å². The van der Waals surface area contributed by atoms with Crippen molar-refractivity contribution in [1.82, 2.24) is 9.97 Å². The first kappa shape index (κ1) is 14.2. The lowest BCUT2D eigenvalue weighted by Crippen LogP contribution is -2.27. The average molecular weight is 310 g/mol. The molecule has 0 fully saturated rings. The lowest BCUT2D eigenvalue weighted by atomic mass is 10.2. The van der Waals surface area contributed by atoms with E-state index in [1.807, 2.05) is 12.1 Å². The molecule has 2 aromatic heterocycles. The molecule has 0 radical (unpaired) electrons. The van der Waals surface area contributed by atoms with Crippen LogP contribution in [0.4, 0.5) is 11.6 Å². The number of hydrogen-bond acceptors (Lipinski definition) is 3. The molecule has 0 aliphatic heterocycles. The molecule has 5 heteroatoms. The molecule has 0 N–H and O–H groups in total. The van der Waals surface area contributed by atoms with Crippen molar-refractivity contribution in [2.24, 2.45) is 0 Å². The molecule has 3 aromatic rings. The van der Waals surface area contributed by atoms with Gasteiger partial charge in [0.1, 0.15) is 11.6 Å². The minimum absolute atomic E-state index is 0.236. The number of carbonyl (C=O) groups excluding carboxylic acids is 1. The van der Waals surface area contributed by atoms with Gasteiger partial charge >= 0.3 is 0 Å². The number of nitrogens with zero attached hydrogens (tertiary/aromatic N) is 3. The van der Waals surface area contributed by atoms with Gasteiger partial charge in [0.15, 0.2) is 0 Å². The smallest absolute Gasteiger partial charge is 0.265 e. The van der Waals surface area contributed by atoms with Gasteiger partial charge in [-0.2, -0.15) is 0 Å². The summed E-state index contributed by atoms with van der Waals surface area (Å²) in [7, 11) is 0. The van der Waals surface area contributed by atoms with Crippen molar-refractivity contribution in [1.29, 1.82) is 0 Å². The molecule has 3 rings (SSSR count). The van der Waals surface area contributed by atoms with Crippen molar-refractivity contribution in [3.63, 3.8) is 0 Å². The highest BCUT2D eigenvalue weighted by Crippen LogP contribution is 2.24. The van der Waals surface area contributed by atoms with E-state index in [4.69, 9.17) is 11.6 Å². The van der Waals surface area contributed by atoms with E-state index in [1.54, 1.807) is 60.9 Å². The van der Waals surface area contributed by atoms with E-state index in [1.165, 1.54) is 4.90 Å². The first-order valence-electron chi connectivity index (χ1n) is 6.68. The van der Waals surface area contributed by atoms with Crippen LogP contribution in [0.15, 0.2) is 73.1 Å². The third-order valence-electron chi connectivity index (χ3n) is 3.03. The van der Waals surface area contributed by atoms with Crippen molar-refractivity contribution in [3.8, 4) is 0 Å². The van der Waals surface area contributed by atoms with Gasteiger partial charge in [-0.25, -0.2) is 14.9 Å². The molecular weight excluding hydrogens is 298 g/mol. The number of hydrogen-bond donors (Lipinski definition) is 0. The second-order valence-electron chi connectivity index (χ2n) is 4.53. The number of benzene rings is 1. The number of aromatic nitrogens is 2. The van der Waals surface area contributed by atoms with E-state index in [0.717, 1.165) is 0 Å². The molecule has 0 aliphatic rings. The summed E-state index contributed by atoms with van der Waals surface area (Å²) in [6, 6.07) is 17.6. The summed E-state index contributed by atoms with van der Waals surface area (Å²) >= 11 is 5.98. The standard InChI is InChI=1S/C17H12ClN3O/c18-14-7-5-6-13(12-14)17(22)21(15-8-1-3-10-19-15)16-9-2-4-11-20-16/h1-12H. The molecule has 2 heterocycles. The Morgan fingerprint density at radius 1 is 0.864 bits per heavy atom. The number of rotatable bonds is 3. The fourth-order valence-corrected chi connectivity index (χ4v) is 2.24. The number of pyridine rings is 2. The van der Waals surface area contributed by atoms with Crippen LogP contribution in [0.3, 0.4) is 0 Å². The van der Waals surface area contributed by atoms with Gasteiger partial charge in [0.05, 0.1) is 0 Å². The average Bonchev–Trinajstić information content (AvgIpc) is 2.57.